The Hall–Kier alpha value is -3.47. The minimum Gasteiger partial charge on any atom is -0.508 e. The monoisotopic (exact) mass is 356 g/mol. The van der Waals surface area contributed by atoms with Gasteiger partial charge in [0.1, 0.15) is 17.1 Å². The summed E-state index contributed by atoms with van der Waals surface area (Å²) in [5.74, 6) is 0.914. The van der Waals surface area contributed by atoms with Gasteiger partial charge in [-0.15, -0.1) is 10.2 Å². The Bertz CT molecular complexity index is 1160. The van der Waals surface area contributed by atoms with Gasteiger partial charge in [-0.25, -0.2) is 4.98 Å². The third-order valence-corrected chi connectivity index (χ3v) is 4.57. The van der Waals surface area contributed by atoms with E-state index in [4.69, 9.17) is 4.98 Å². The lowest BCUT2D eigenvalue weighted by Crippen LogP contribution is -1.89. The lowest BCUT2D eigenvalue weighted by Gasteiger charge is -2.04. The summed E-state index contributed by atoms with van der Waals surface area (Å²) in [5, 5.41) is 18.6. The average Bonchev–Trinajstić information content (AvgIpc) is 3.01. The van der Waals surface area contributed by atoms with Gasteiger partial charge in [-0.2, -0.15) is 0 Å². The molecule has 2 aromatic heterocycles. The largest absolute Gasteiger partial charge is 0.508 e. The summed E-state index contributed by atoms with van der Waals surface area (Å²) in [6.45, 7) is 5.99. The Kier molecular flexibility index (Phi) is 4.20. The second-order valence-electron chi connectivity index (χ2n) is 6.68. The molecular formula is C22H20N4O. The number of nitrogens with zero attached hydrogens (tertiary/aromatic N) is 4. The zero-order valence-electron chi connectivity index (χ0n) is 15.5. The molecule has 2 aromatic carbocycles. The molecule has 134 valence electrons. The molecule has 1 N–H and O–H groups in total. The second-order valence-corrected chi connectivity index (χ2v) is 6.68. The van der Waals surface area contributed by atoms with Crippen LogP contribution in [0.1, 0.15) is 16.8 Å². The maximum absolute atomic E-state index is 9.60. The number of hydrogen-bond acceptors (Lipinski definition) is 4. The van der Waals surface area contributed by atoms with Crippen LogP contribution in [-0.2, 0) is 0 Å². The van der Waals surface area contributed by atoms with Gasteiger partial charge >= 0.3 is 0 Å². The number of azo groups is 1. The molecule has 0 radical (unpaired) electrons. The summed E-state index contributed by atoms with van der Waals surface area (Å²) in [6, 6.07) is 19.3. The maximum Gasteiger partial charge on any atom is 0.187 e. The van der Waals surface area contributed by atoms with Crippen molar-refractivity contribution in [3.05, 3.63) is 77.5 Å². The average molecular weight is 356 g/mol. The van der Waals surface area contributed by atoms with Crippen molar-refractivity contribution in [2.45, 2.75) is 20.8 Å². The van der Waals surface area contributed by atoms with Crippen molar-refractivity contribution < 1.29 is 5.11 Å². The van der Waals surface area contributed by atoms with Crippen LogP contribution < -0.4 is 0 Å². The van der Waals surface area contributed by atoms with Crippen molar-refractivity contribution in [1.29, 1.82) is 0 Å². The fraction of sp³-hybridized carbons (Fsp3) is 0.136. The van der Waals surface area contributed by atoms with Crippen LogP contribution >= 0.6 is 0 Å². The summed E-state index contributed by atoms with van der Waals surface area (Å²) in [6.07, 6.45) is 0. The lowest BCUT2D eigenvalue weighted by atomic mass is 10.1. The molecule has 5 heteroatoms. The number of phenolic OH excluding ortho intramolecular Hbond substituents is 1. The number of aromatic nitrogens is 2. The first-order valence-electron chi connectivity index (χ1n) is 8.79. The highest BCUT2D eigenvalue weighted by molar-refractivity contribution is 5.75. The molecule has 27 heavy (non-hydrogen) atoms. The number of pyridine rings is 1. The molecule has 0 bridgehead atoms. The molecule has 0 saturated heterocycles. The molecule has 0 unspecified atom stereocenters. The summed E-state index contributed by atoms with van der Waals surface area (Å²) in [5.41, 5.74) is 6.44. The van der Waals surface area contributed by atoms with Gasteiger partial charge in [0.05, 0.1) is 5.69 Å². The predicted octanol–water partition coefficient (Wildman–Crippen LogP) is 6.05. The van der Waals surface area contributed by atoms with Crippen LogP contribution in [0.2, 0.25) is 0 Å². The van der Waals surface area contributed by atoms with E-state index in [1.165, 1.54) is 5.56 Å². The van der Waals surface area contributed by atoms with Crippen LogP contribution in [-0.4, -0.2) is 14.5 Å². The fourth-order valence-corrected chi connectivity index (χ4v) is 3.09. The molecule has 0 aliphatic heterocycles. The van der Waals surface area contributed by atoms with E-state index in [2.05, 4.69) is 41.4 Å². The molecule has 0 saturated carbocycles. The van der Waals surface area contributed by atoms with Gasteiger partial charge in [0.25, 0.3) is 0 Å². The van der Waals surface area contributed by atoms with E-state index in [9.17, 15) is 5.11 Å². The third-order valence-electron chi connectivity index (χ3n) is 4.57. The van der Waals surface area contributed by atoms with Crippen LogP contribution in [0, 0.1) is 20.8 Å². The van der Waals surface area contributed by atoms with Gasteiger partial charge in [0.2, 0.25) is 0 Å². The zero-order valence-corrected chi connectivity index (χ0v) is 15.5. The summed E-state index contributed by atoms with van der Waals surface area (Å²) in [7, 11) is 0. The minimum atomic E-state index is 0.220. The summed E-state index contributed by atoms with van der Waals surface area (Å²) < 4.78 is 2.01. The Morgan fingerprint density at radius 3 is 2.41 bits per heavy atom. The van der Waals surface area contributed by atoms with Crippen molar-refractivity contribution in [3.63, 3.8) is 0 Å². The first kappa shape index (κ1) is 17.0. The van der Waals surface area contributed by atoms with E-state index in [1.54, 1.807) is 18.2 Å². The second kappa shape index (κ2) is 6.68. The molecular weight excluding hydrogens is 336 g/mol. The number of aryl methyl sites for hydroxylation is 3. The molecule has 0 amide bonds. The van der Waals surface area contributed by atoms with Crippen LogP contribution in [0.15, 0.2) is 70.9 Å². The molecule has 4 aromatic rings. The molecule has 5 nitrogen and oxygen atoms in total. The predicted molar refractivity (Wildman–Crippen MR) is 107 cm³/mol. The number of phenols is 1. The van der Waals surface area contributed by atoms with Gasteiger partial charge in [0.15, 0.2) is 5.82 Å². The number of fused-ring (bicyclic) bond motifs is 1. The van der Waals surface area contributed by atoms with Gasteiger partial charge in [-0.3, -0.25) is 4.40 Å². The van der Waals surface area contributed by atoms with Gasteiger partial charge in [-0.05, 0) is 56.7 Å². The molecule has 0 spiro atoms. The number of imidazole rings is 1. The van der Waals surface area contributed by atoms with E-state index < -0.39 is 0 Å². The van der Waals surface area contributed by atoms with E-state index in [0.717, 1.165) is 28.2 Å². The Morgan fingerprint density at radius 1 is 0.889 bits per heavy atom. The maximum atomic E-state index is 9.60. The van der Waals surface area contributed by atoms with Gasteiger partial charge < -0.3 is 5.11 Å². The molecule has 0 aliphatic rings. The fourth-order valence-electron chi connectivity index (χ4n) is 3.09. The first-order chi connectivity index (χ1) is 13.0. The number of benzene rings is 2. The quantitative estimate of drug-likeness (QED) is 0.454. The molecule has 0 aliphatic carbocycles. The summed E-state index contributed by atoms with van der Waals surface area (Å²) in [4.78, 5) is 4.79. The first-order valence-corrected chi connectivity index (χ1v) is 8.79. The van der Waals surface area contributed by atoms with Crippen molar-refractivity contribution in [2.24, 2.45) is 10.2 Å². The Labute approximate surface area is 157 Å². The van der Waals surface area contributed by atoms with Crippen LogP contribution in [0.3, 0.4) is 0 Å². The van der Waals surface area contributed by atoms with Crippen molar-refractivity contribution in [1.82, 2.24) is 9.38 Å². The SMILES string of the molecule is Cc1ccc(-c2nc3cccc(C)n3c2N=Nc2ccc(O)cc2C)cc1. The molecule has 4 rings (SSSR count). The highest BCUT2D eigenvalue weighted by Gasteiger charge is 2.15. The van der Waals surface area contributed by atoms with Crippen LogP contribution in [0.5, 0.6) is 5.75 Å². The van der Waals surface area contributed by atoms with Crippen LogP contribution in [0.4, 0.5) is 11.5 Å². The van der Waals surface area contributed by atoms with Crippen molar-refractivity contribution in [3.8, 4) is 17.0 Å². The van der Waals surface area contributed by atoms with E-state index >= 15 is 0 Å². The Balaban J connectivity index is 1.90. The van der Waals surface area contributed by atoms with Crippen molar-refractivity contribution >= 4 is 17.2 Å². The van der Waals surface area contributed by atoms with E-state index in [0.29, 0.717) is 11.5 Å². The van der Waals surface area contributed by atoms with E-state index in [-0.39, 0.29) is 5.75 Å². The number of aromatic hydroxyl groups is 1. The Morgan fingerprint density at radius 2 is 1.67 bits per heavy atom. The zero-order chi connectivity index (χ0) is 19.0. The van der Waals surface area contributed by atoms with Gasteiger partial charge in [-0.1, -0.05) is 35.9 Å². The smallest absolute Gasteiger partial charge is 0.187 e. The standard InChI is InChI=1S/C22H20N4O/c1-14-7-9-17(10-8-14)21-22(26-16(3)5-4-6-20(26)23-21)25-24-19-12-11-18(27)13-15(19)2/h4-13,27H,1-3H3. The highest BCUT2D eigenvalue weighted by Crippen LogP contribution is 2.34. The summed E-state index contributed by atoms with van der Waals surface area (Å²) >= 11 is 0. The molecule has 0 atom stereocenters. The van der Waals surface area contributed by atoms with Crippen molar-refractivity contribution in [2.75, 3.05) is 0 Å². The van der Waals surface area contributed by atoms with E-state index in [1.807, 2.05) is 36.4 Å². The normalized spacial score (nSPS) is 11.5. The van der Waals surface area contributed by atoms with Crippen LogP contribution in [0.25, 0.3) is 16.9 Å². The molecule has 2 heterocycles. The minimum absolute atomic E-state index is 0.220. The third kappa shape index (κ3) is 3.19. The molecule has 0 fully saturated rings. The lowest BCUT2D eigenvalue weighted by molar-refractivity contribution is 0.475. The number of hydrogen-bond donors (Lipinski definition) is 1. The highest BCUT2D eigenvalue weighted by atomic mass is 16.3. The topological polar surface area (TPSA) is 62.2 Å². The number of rotatable bonds is 3. The van der Waals surface area contributed by atoms with Gasteiger partial charge in [0, 0.05) is 11.3 Å².